The van der Waals surface area contributed by atoms with Crippen LogP contribution in [0.5, 0.6) is 0 Å². The van der Waals surface area contributed by atoms with Gasteiger partial charge in [-0.1, -0.05) is 12.1 Å². The Morgan fingerprint density at radius 2 is 1.79 bits per heavy atom. The molecule has 0 radical (unpaired) electrons. The van der Waals surface area contributed by atoms with Gasteiger partial charge in [0.15, 0.2) is 0 Å². The summed E-state index contributed by atoms with van der Waals surface area (Å²) < 4.78 is 3.61. The Hall–Kier alpha value is -3.35. The lowest BCUT2D eigenvalue weighted by atomic mass is 10.1. The van der Waals surface area contributed by atoms with E-state index in [-0.39, 0.29) is 11.8 Å². The van der Waals surface area contributed by atoms with Crippen LogP contribution in [0.2, 0.25) is 0 Å². The van der Waals surface area contributed by atoms with Crippen molar-refractivity contribution in [3.05, 3.63) is 78.1 Å². The highest BCUT2D eigenvalue weighted by Gasteiger charge is 2.11. The lowest BCUT2D eigenvalue weighted by molar-refractivity contribution is 0.0842. The van der Waals surface area contributed by atoms with Gasteiger partial charge in [-0.05, 0) is 29.8 Å². The standard InChI is InChI=1S/C17H17N5O2/c1-21-9-2-3-15(21)17(24)20-19-16(23)14-6-4-13(5-7-14)11-22-10-8-18-12-22/h2-10,12H,11H2,1H3,(H,19,23)(H,20,24). The van der Waals surface area contributed by atoms with Gasteiger partial charge in [0.25, 0.3) is 11.8 Å². The monoisotopic (exact) mass is 323 g/mol. The van der Waals surface area contributed by atoms with Gasteiger partial charge in [0.05, 0.1) is 6.33 Å². The lowest BCUT2D eigenvalue weighted by Gasteiger charge is -2.09. The Morgan fingerprint density at radius 1 is 1.04 bits per heavy atom. The summed E-state index contributed by atoms with van der Waals surface area (Å²) in [6.45, 7) is 0.687. The minimum atomic E-state index is -0.369. The second kappa shape index (κ2) is 6.82. The minimum absolute atomic E-state index is 0.368. The summed E-state index contributed by atoms with van der Waals surface area (Å²) in [5.41, 5.74) is 6.80. The number of amides is 2. The molecular formula is C17H17N5O2. The Balaban J connectivity index is 1.57. The van der Waals surface area contributed by atoms with Gasteiger partial charge in [-0.2, -0.15) is 0 Å². The van der Waals surface area contributed by atoms with E-state index in [0.717, 1.165) is 5.56 Å². The number of aryl methyl sites for hydroxylation is 1. The fourth-order valence-electron chi connectivity index (χ4n) is 2.30. The number of hydrogen-bond donors (Lipinski definition) is 2. The molecule has 0 atom stereocenters. The van der Waals surface area contributed by atoms with E-state index in [1.165, 1.54) is 0 Å². The van der Waals surface area contributed by atoms with Gasteiger partial charge < -0.3 is 9.13 Å². The maximum Gasteiger partial charge on any atom is 0.286 e. The largest absolute Gasteiger partial charge is 0.347 e. The van der Waals surface area contributed by atoms with Gasteiger partial charge in [-0.3, -0.25) is 20.4 Å². The van der Waals surface area contributed by atoms with Crippen molar-refractivity contribution in [3.63, 3.8) is 0 Å². The van der Waals surface area contributed by atoms with E-state index in [4.69, 9.17) is 0 Å². The molecule has 2 N–H and O–H groups in total. The third-order valence-electron chi connectivity index (χ3n) is 3.61. The SMILES string of the molecule is Cn1cccc1C(=O)NNC(=O)c1ccc(Cn2ccnc2)cc1. The first-order chi connectivity index (χ1) is 11.6. The topological polar surface area (TPSA) is 81.0 Å². The summed E-state index contributed by atoms with van der Waals surface area (Å²) >= 11 is 0. The van der Waals surface area contributed by atoms with Crippen LogP contribution in [0.4, 0.5) is 0 Å². The quantitative estimate of drug-likeness (QED) is 0.711. The van der Waals surface area contributed by atoms with Gasteiger partial charge >= 0.3 is 0 Å². The number of nitrogens with one attached hydrogen (secondary N) is 2. The van der Waals surface area contributed by atoms with E-state index < -0.39 is 0 Å². The molecule has 7 heteroatoms. The van der Waals surface area contributed by atoms with Crippen molar-refractivity contribution in [2.45, 2.75) is 6.54 Å². The van der Waals surface area contributed by atoms with Gasteiger partial charge in [0, 0.05) is 37.7 Å². The molecule has 7 nitrogen and oxygen atoms in total. The second-order valence-electron chi connectivity index (χ2n) is 5.34. The molecule has 1 aromatic carbocycles. The Morgan fingerprint density at radius 3 is 2.42 bits per heavy atom. The number of benzene rings is 1. The molecule has 0 spiro atoms. The maximum absolute atomic E-state index is 12.1. The van der Waals surface area contributed by atoms with Crippen LogP contribution in [0.1, 0.15) is 26.4 Å². The number of carbonyl (C=O) groups excluding carboxylic acids is 2. The van der Waals surface area contributed by atoms with Crippen molar-refractivity contribution in [3.8, 4) is 0 Å². The molecule has 0 aliphatic rings. The first kappa shape index (κ1) is 15.5. The third kappa shape index (κ3) is 3.52. The van der Waals surface area contributed by atoms with Crippen LogP contribution in [0.3, 0.4) is 0 Å². The summed E-state index contributed by atoms with van der Waals surface area (Å²) in [7, 11) is 1.76. The van der Waals surface area contributed by atoms with Crippen molar-refractivity contribution in [1.29, 1.82) is 0 Å². The molecule has 0 aliphatic carbocycles. The zero-order valence-electron chi connectivity index (χ0n) is 13.1. The number of rotatable bonds is 4. The van der Waals surface area contributed by atoms with Crippen molar-refractivity contribution < 1.29 is 9.59 Å². The van der Waals surface area contributed by atoms with Crippen LogP contribution >= 0.6 is 0 Å². The molecule has 0 saturated heterocycles. The summed E-state index contributed by atoms with van der Waals surface area (Å²) in [4.78, 5) is 28.0. The second-order valence-corrected chi connectivity index (χ2v) is 5.34. The number of nitrogens with zero attached hydrogens (tertiary/aromatic N) is 3. The van der Waals surface area contributed by atoms with Crippen LogP contribution < -0.4 is 10.9 Å². The number of aromatic nitrogens is 3. The molecule has 122 valence electrons. The molecular weight excluding hydrogens is 306 g/mol. The number of carbonyl (C=O) groups is 2. The van der Waals surface area contributed by atoms with Gasteiger partial charge in [-0.25, -0.2) is 4.98 Å². The Labute approximate surface area is 138 Å². The van der Waals surface area contributed by atoms with E-state index in [0.29, 0.717) is 17.8 Å². The molecule has 3 aromatic rings. The average molecular weight is 323 g/mol. The molecule has 0 bridgehead atoms. The summed E-state index contributed by atoms with van der Waals surface area (Å²) in [5, 5.41) is 0. The van der Waals surface area contributed by atoms with Crippen molar-refractivity contribution in [1.82, 2.24) is 25.0 Å². The van der Waals surface area contributed by atoms with Crippen LogP contribution in [0.15, 0.2) is 61.3 Å². The van der Waals surface area contributed by atoms with E-state index in [9.17, 15) is 9.59 Å². The minimum Gasteiger partial charge on any atom is -0.347 e. The molecule has 0 saturated carbocycles. The summed E-state index contributed by atoms with van der Waals surface area (Å²) in [6, 6.07) is 10.6. The van der Waals surface area contributed by atoms with E-state index >= 15 is 0 Å². The van der Waals surface area contributed by atoms with Gasteiger partial charge in [-0.15, -0.1) is 0 Å². The van der Waals surface area contributed by atoms with Crippen LogP contribution in [-0.2, 0) is 13.6 Å². The predicted molar refractivity (Wildman–Crippen MR) is 88.1 cm³/mol. The molecule has 24 heavy (non-hydrogen) atoms. The highest BCUT2D eigenvalue weighted by atomic mass is 16.2. The fourth-order valence-corrected chi connectivity index (χ4v) is 2.30. The maximum atomic E-state index is 12.1. The third-order valence-corrected chi connectivity index (χ3v) is 3.61. The Kier molecular flexibility index (Phi) is 4.42. The van der Waals surface area contributed by atoms with Crippen LogP contribution in [0, 0.1) is 0 Å². The van der Waals surface area contributed by atoms with Crippen molar-refractivity contribution in [2.24, 2.45) is 7.05 Å². The molecule has 0 fully saturated rings. The first-order valence-corrected chi connectivity index (χ1v) is 7.40. The smallest absolute Gasteiger partial charge is 0.286 e. The number of imidazole rings is 1. The highest BCUT2D eigenvalue weighted by Crippen LogP contribution is 2.06. The lowest BCUT2D eigenvalue weighted by Crippen LogP contribution is -2.42. The van der Waals surface area contributed by atoms with E-state index in [1.54, 1.807) is 54.6 Å². The zero-order chi connectivity index (χ0) is 16.9. The predicted octanol–water partition coefficient (Wildman–Crippen LogP) is 1.34. The van der Waals surface area contributed by atoms with E-state index in [1.807, 2.05) is 22.9 Å². The molecule has 2 aromatic heterocycles. The van der Waals surface area contributed by atoms with Gasteiger partial charge in [0.2, 0.25) is 0 Å². The van der Waals surface area contributed by atoms with Crippen LogP contribution in [-0.4, -0.2) is 25.9 Å². The molecule has 0 aliphatic heterocycles. The first-order valence-electron chi connectivity index (χ1n) is 7.40. The zero-order valence-corrected chi connectivity index (χ0v) is 13.1. The van der Waals surface area contributed by atoms with Crippen molar-refractivity contribution >= 4 is 11.8 Å². The molecule has 2 heterocycles. The molecule has 2 amide bonds. The molecule has 0 unspecified atom stereocenters. The summed E-state index contributed by atoms with van der Waals surface area (Å²) in [5.74, 6) is -0.737. The molecule has 3 rings (SSSR count). The Bertz CT molecular complexity index is 834. The van der Waals surface area contributed by atoms with Crippen molar-refractivity contribution in [2.75, 3.05) is 0 Å². The summed E-state index contributed by atoms with van der Waals surface area (Å²) in [6.07, 6.45) is 7.09. The fraction of sp³-hybridized carbons (Fsp3) is 0.118. The number of hydrazine groups is 1. The van der Waals surface area contributed by atoms with Gasteiger partial charge in [0.1, 0.15) is 5.69 Å². The number of hydrogen-bond acceptors (Lipinski definition) is 3. The van der Waals surface area contributed by atoms with Crippen LogP contribution in [0.25, 0.3) is 0 Å². The highest BCUT2D eigenvalue weighted by molar-refractivity contribution is 5.98. The van der Waals surface area contributed by atoms with E-state index in [2.05, 4.69) is 15.8 Å². The average Bonchev–Trinajstić information content (AvgIpc) is 3.24. The normalized spacial score (nSPS) is 10.4.